The first-order valence-electron chi connectivity index (χ1n) is 6.27. The summed E-state index contributed by atoms with van der Waals surface area (Å²) in [6.45, 7) is 5.78. The lowest BCUT2D eigenvalue weighted by Crippen LogP contribution is -2.06. The number of aromatic nitrogens is 2. The average molecular weight is 259 g/mol. The van der Waals surface area contributed by atoms with Crippen molar-refractivity contribution < 1.29 is 4.39 Å². The monoisotopic (exact) mass is 259 g/mol. The summed E-state index contributed by atoms with van der Waals surface area (Å²) in [6.07, 6.45) is 0.609. The van der Waals surface area contributed by atoms with Crippen molar-refractivity contribution in [2.75, 3.05) is 12.4 Å². The topological polar surface area (TPSA) is 37.8 Å². The molecule has 0 saturated carbocycles. The Morgan fingerprint density at radius 1 is 1.05 bits per heavy atom. The van der Waals surface area contributed by atoms with E-state index in [1.807, 2.05) is 0 Å². The molecule has 0 fully saturated rings. The summed E-state index contributed by atoms with van der Waals surface area (Å²) in [4.78, 5) is 8.42. The number of hydrogen-bond donors (Lipinski definition) is 1. The van der Waals surface area contributed by atoms with Gasteiger partial charge in [0, 0.05) is 13.5 Å². The number of anilines is 1. The Balaban J connectivity index is 2.35. The minimum absolute atomic E-state index is 0.256. The lowest BCUT2D eigenvalue weighted by atomic mass is 10.0. The van der Waals surface area contributed by atoms with Gasteiger partial charge in [-0.15, -0.1) is 0 Å². The van der Waals surface area contributed by atoms with Crippen molar-refractivity contribution >= 4 is 5.82 Å². The normalized spacial score (nSPS) is 10.6. The van der Waals surface area contributed by atoms with E-state index in [1.165, 1.54) is 11.1 Å². The lowest BCUT2D eigenvalue weighted by molar-refractivity contribution is 0.602. The molecule has 0 aliphatic carbocycles. The van der Waals surface area contributed by atoms with Gasteiger partial charge >= 0.3 is 0 Å². The van der Waals surface area contributed by atoms with Crippen LogP contribution < -0.4 is 5.32 Å². The zero-order valence-corrected chi connectivity index (χ0v) is 11.7. The first-order valence-corrected chi connectivity index (χ1v) is 6.27. The van der Waals surface area contributed by atoms with Crippen molar-refractivity contribution in [3.05, 3.63) is 52.2 Å². The summed E-state index contributed by atoms with van der Waals surface area (Å²) in [5.74, 6) is 0.506. The van der Waals surface area contributed by atoms with Crippen molar-refractivity contribution in [2.45, 2.75) is 27.2 Å². The van der Waals surface area contributed by atoms with E-state index in [4.69, 9.17) is 0 Å². The van der Waals surface area contributed by atoms with Crippen molar-refractivity contribution in [2.24, 2.45) is 0 Å². The first-order chi connectivity index (χ1) is 8.99. The second-order valence-electron chi connectivity index (χ2n) is 4.81. The Labute approximate surface area is 112 Å². The van der Waals surface area contributed by atoms with E-state index in [0.717, 1.165) is 5.56 Å². The Kier molecular flexibility index (Phi) is 3.79. The highest BCUT2D eigenvalue weighted by atomic mass is 19.1. The molecule has 1 aromatic carbocycles. The summed E-state index contributed by atoms with van der Waals surface area (Å²) in [5.41, 5.74) is 3.94. The summed E-state index contributed by atoms with van der Waals surface area (Å²) < 4.78 is 13.7. The van der Waals surface area contributed by atoms with Gasteiger partial charge in [-0.3, -0.25) is 0 Å². The highest BCUT2D eigenvalue weighted by Crippen LogP contribution is 2.16. The van der Waals surface area contributed by atoms with Crippen LogP contribution in [0.15, 0.2) is 18.2 Å². The molecule has 1 aromatic heterocycles. The molecule has 0 saturated heterocycles. The van der Waals surface area contributed by atoms with Gasteiger partial charge in [-0.1, -0.05) is 29.3 Å². The molecular formula is C15H18FN3. The fraction of sp³-hybridized carbons (Fsp3) is 0.333. The molecule has 0 atom stereocenters. The van der Waals surface area contributed by atoms with Crippen LogP contribution in [0, 0.1) is 26.6 Å². The van der Waals surface area contributed by atoms with E-state index < -0.39 is 0 Å². The van der Waals surface area contributed by atoms with Gasteiger partial charge in [0.1, 0.15) is 5.82 Å². The van der Waals surface area contributed by atoms with Gasteiger partial charge in [0.25, 0.3) is 0 Å². The second kappa shape index (κ2) is 5.34. The van der Waals surface area contributed by atoms with Crippen LogP contribution in [0.4, 0.5) is 10.2 Å². The first kappa shape index (κ1) is 13.5. The third-order valence-corrected chi connectivity index (χ3v) is 2.94. The SMILES string of the molecule is CNc1nc(Cc2cc(C)cc(C)c2)nc(C)c1F. The molecule has 0 spiro atoms. The highest BCUT2D eigenvalue weighted by Gasteiger charge is 2.10. The Morgan fingerprint density at radius 2 is 1.68 bits per heavy atom. The Morgan fingerprint density at radius 3 is 2.26 bits per heavy atom. The van der Waals surface area contributed by atoms with Crippen LogP contribution in [0.3, 0.4) is 0 Å². The Hall–Kier alpha value is -1.97. The lowest BCUT2D eigenvalue weighted by Gasteiger charge is -2.08. The van der Waals surface area contributed by atoms with Gasteiger partial charge in [-0.05, 0) is 26.3 Å². The number of halogens is 1. The zero-order chi connectivity index (χ0) is 14.0. The zero-order valence-electron chi connectivity index (χ0n) is 11.7. The molecule has 100 valence electrons. The van der Waals surface area contributed by atoms with Crippen molar-refractivity contribution in [1.82, 2.24) is 9.97 Å². The highest BCUT2D eigenvalue weighted by molar-refractivity contribution is 5.38. The maximum Gasteiger partial charge on any atom is 0.186 e. The number of aryl methyl sites for hydroxylation is 3. The maximum atomic E-state index is 13.7. The quantitative estimate of drug-likeness (QED) is 0.920. The Bertz CT molecular complexity index is 588. The third kappa shape index (κ3) is 3.08. The van der Waals surface area contributed by atoms with Gasteiger partial charge < -0.3 is 5.32 Å². The summed E-state index contributed by atoms with van der Waals surface area (Å²) in [7, 11) is 1.66. The number of nitrogens with zero attached hydrogens (tertiary/aromatic N) is 2. The van der Waals surface area contributed by atoms with Crippen molar-refractivity contribution in [3.8, 4) is 0 Å². The smallest absolute Gasteiger partial charge is 0.186 e. The molecule has 0 radical (unpaired) electrons. The molecule has 19 heavy (non-hydrogen) atoms. The minimum Gasteiger partial charge on any atom is -0.371 e. The third-order valence-electron chi connectivity index (χ3n) is 2.94. The number of hydrogen-bond acceptors (Lipinski definition) is 3. The molecule has 0 aliphatic heterocycles. The molecule has 0 aliphatic rings. The van der Waals surface area contributed by atoms with Crippen molar-refractivity contribution in [1.29, 1.82) is 0 Å². The van der Waals surface area contributed by atoms with Gasteiger partial charge in [0.15, 0.2) is 11.6 Å². The van der Waals surface area contributed by atoms with Gasteiger partial charge in [0.2, 0.25) is 0 Å². The van der Waals surface area contributed by atoms with E-state index in [2.05, 4.69) is 47.3 Å². The fourth-order valence-electron chi connectivity index (χ4n) is 2.22. The van der Waals surface area contributed by atoms with Crippen LogP contribution in [0.25, 0.3) is 0 Å². The molecule has 0 amide bonds. The molecular weight excluding hydrogens is 241 g/mol. The van der Waals surface area contributed by atoms with Crippen LogP contribution in [0.5, 0.6) is 0 Å². The molecule has 0 unspecified atom stereocenters. The molecule has 1 N–H and O–H groups in total. The standard InChI is InChI=1S/C15H18FN3/c1-9-5-10(2)7-12(6-9)8-13-18-11(3)14(16)15(17-4)19-13/h5-7H,8H2,1-4H3,(H,17,18,19). The average Bonchev–Trinajstić information content (AvgIpc) is 2.32. The van der Waals surface area contributed by atoms with Crippen LogP contribution in [-0.4, -0.2) is 17.0 Å². The van der Waals surface area contributed by atoms with Gasteiger partial charge in [-0.2, -0.15) is 0 Å². The van der Waals surface area contributed by atoms with Crippen LogP contribution in [0.2, 0.25) is 0 Å². The maximum absolute atomic E-state index is 13.7. The van der Waals surface area contributed by atoms with E-state index >= 15 is 0 Å². The van der Waals surface area contributed by atoms with E-state index in [9.17, 15) is 4.39 Å². The molecule has 2 rings (SSSR count). The van der Waals surface area contributed by atoms with Crippen LogP contribution in [-0.2, 0) is 6.42 Å². The van der Waals surface area contributed by atoms with E-state index in [0.29, 0.717) is 17.9 Å². The second-order valence-corrected chi connectivity index (χ2v) is 4.81. The predicted molar refractivity (Wildman–Crippen MR) is 75.0 cm³/mol. The fourth-order valence-corrected chi connectivity index (χ4v) is 2.22. The molecule has 2 aromatic rings. The summed E-state index contributed by atoms with van der Waals surface area (Å²) >= 11 is 0. The summed E-state index contributed by atoms with van der Waals surface area (Å²) in [5, 5.41) is 2.76. The molecule has 1 heterocycles. The van der Waals surface area contributed by atoms with E-state index in [1.54, 1.807) is 14.0 Å². The van der Waals surface area contributed by atoms with Gasteiger partial charge in [-0.25, -0.2) is 14.4 Å². The van der Waals surface area contributed by atoms with Crippen LogP contribution >= 0.6 is 0 Å². The largest absolute Gasteiger partial charge is 0.371 e. The molecule has 3 nitrogen and oxygen atoms in total. The summed E-state index contributed by atoms with van der Waals surface area (Å²) in [6, 6.07) is 6.33. The van der Waals surface area contributed by atoms with E-state index in [-0.39, 0.29) is 11.6 Å². The number of rotatable bonds is 3. The van der Waals surface area contributed by atoms with Crippen molar-refractivity contribution in [3.63, 3.8) is 0 Å². The predicted octanol–water partition coefficient (Wildman–Crippen LogP) is 3.17. The molecule has 0 bridgehead atoms. The molecule has 4 heteroatoms. The number of nitrogens with one attached hydrogen (secondary N) is 1. The minimum atomic E-state index is -0.383. The van der Waals surface area contributed by atoms with Gasteiger partial charge in [0.05, 0.1) is 5.69 Å². The number of benzene rings is 1. The van der Waals surface area contributed by atoms with Crippen LogP contribution in [0.1, 0.15) is 28.2 Å².